The lowest BCUT2D eigenvalue weighted by Crippen LogP contribution is -2.30. The summed E-state index contributed by atoms with van der Waals surface area (Å²) in [6, 6.07) is 16.1. The van der Waals surface area contributed by atoms with Gasteiger partial charge in [0, 0.05) is 58.4 Å². The van der Waals surface area contributed by atoms with E-state index < -0.39 is 0 Å². The van der Waals surface area contributed by atoms with Gasteiger partial charge >= 0.3 is 6.03 Å². The molecule has 0 radical (unpaired) electrons. The van der Waals surface area contributed by atoms with Gasteiger partial charge in [-0.3, -0.25) is 0 Å². The number of rotatable bonds is 5. The molecule has 5 nitrogen and oxygen atoms in total. The van der Waals surface area contributed by atoms with Gasteiger partial charge in [-0.2, -0.15) is 0 Å². The number of urea groups is 1. The Labute approximate surface area is 155 Å². The number of fused-ring (bicyclic) bond motifs is 2. The lowest BCUT2D eigenvalue weighted by Gasteiger charge is -2.06. The highest BCUT2D eigenvalue weighted by atomic mass is 32.2. The lowest BCUT2D eigenvalue weighted by molar-refractivity contribution is 0.252. The van der Waals surface area contributed by atoms with E-state index in [-0.39, 0.29) is 6.03 Å². The van der Waals surface area contributed by atoms with Gasteiger partial charge in [-0.1, -0.05) is 36.4 Å². The summed E-state index contributed by atoms with van der Waals surface area (Å²) in [6.45, 7) is 0.598. The second-order valence-corrected chi connectivity index (χ2v) is 7.24. The maximum Gasteiger partial charge on any atom is 0.319 e. The van der Waals surface area contributed by atoms with Crippen molar-refractivity contribution < 1.29 is 4.79 Å². The smallest absolute Gasteiger partial charge is 0.319 e. The Morgan fingerprint density at radius 3 is 2.77 bits per heavy atom. The number of nitrogens with zero attached hydrogens (tertiary/aromatic N) is 1. The minimum Gasteiger partial charge on any atom is -0.360 e. The number of benzene rings is 2. The summed E-state index contributed by atoms with van der Waals surface area (Å²) in [7, 11) is 1.98. The van der Waals surface area contributed by atoms with Crippen molar-refractivity contribution in [3.05, 3.63) is 60.9 Å². The van der Waals surface area contributed by atoms with Crippen LogP contribution in [-0.4, -0.2) is 27.9 Å². The van der Waals surface area contributed by atoms with Crippen molar-refractivity contribution >= 4 is 45.3 Å². The maximum atomic E-state index is 12.2. The standard InChI is InChI=1S/C20H20N4OS/c1-24-13-17(14-6-3-5-9-18(14)24)23-20(25)21-10-11-26-19-12-22-16-8-4-2-7-15(16)19/h2-9,12-13,22H,10-11H2,1H3,(H2,21,23,25). The van der Waals surface area contributed by atoms with Gasteiger partial charge in [0.1, 0.15) is 0 Å². The summed E-state index contributed by atoms with van der Waals surface area (Å²) >= 11 is 1.73. The highest BCUT2D eigenvalue weighted by molar-refractivity contribution is 7.99. The molecule has 2 amide bonds. The molecule has 0 aliphatic heterocycles. The van der Waals surface area contributed by atoms with E-state index in [1.54, 1.807) is 11.8 Å². The molecule has 0 spiro atoms. The van der Waals surface area contributed by atoms with Crippen LogP contribution < -0.4 is 10.6 Å². The predicted octanol–water partition coefficient (Wildman–Crippen LogP) is 4.57. The second-order valence-electron chi connectivity index (χ2n) is 6.10. The fraction of sp³-hybridized carbons (Fsp3) is 0.150. The van der Waals surface area contributed by atoms with Crippen molar-refractivity contribution in [2.45, 2.75) is 4.90 Å². The molecular formula is C20H20N4OS. The van der Waals surface area contributed by atoms with Crippen molar-refractivity contribution in [2.75, 3.05) is 17.6 Å². The zero-order chi connectivity index (χ0) is 17.9. The van der Waals surface area contributed by atoms with Crippen molar-refractivity contribution in [1.29, 1.82) is 0 Å². The first-order valence-corrected chi connectivity index (χ1v) is 9.49. The van der Waals surface area contributed by atoms with Crippen LogP contribution in [-0.2, 0) is 7.05 Å². The van der Waals surface area contributed by atoms with E-state index in [0.717, 1.165) is 27.9 Å². The van der Waals surface area contributed by atoms with E-state index in [2.05, 4.69) is 27.8 Å². The molecule has 3 N–H and O–H groups in total. The number of carbonyl (C=O) groups is 1. The molecule has 132 valence electrons. The number of aromatic amines is 1. The summed E-state index contributed by atoms with van der Waals surface area (Å²) in [4.78, 5) is 16.7. The number of H-pyrrole nitrogens is 1. The fourth-order valence-electron chi connectivity index (χ4n) is 3.10. The van der Waals surface area contributed by atoms with Crippen LogP contribution in [0.15, 0.2) is 65.8 Å². The molecule has 0 bridgehead atoms. The number of amides is 2. The van der Waals surface area contributed by atoms with Crippen LogP contribution in [0.4, 0.5) is 10.5 Å². The molecule has 4 rings (SSSR count). The Balaban J connectivity index is 1.31. The Bertz CT molecular complexity index is 1070. The van der Waals surface area contributed by atoms with Crippen LogP contribution >= 0.6 is 11.8 Å². The molecule has 0 atom stereocenters. The molecule has 6 heteroatoms. The molecule has 0 aliphatic carbocycles. The lowest BCUT2D eigenvalue weighted by atomic mass is 10.2. The Kier molecular flexibility index (Phi) is 4.58. The first-order chi connectivity index (χ1) is 12.7. The SMILES string of the molecule is Cn1cc(NC(=O)NCCSc2c[nH]c3ccccc23)c2ccccc21. The van der Waals surface area contributed by atoms with Crippen LogP contribution in [0.2, 0.25) is 0 Å². The Hall–Kier alpha value is -2.86. The topological polar surface area (TPSA) is 61.9 Å². The normalized spacial score (nSPS) is 11.1. The molecule has 0 fully saturated rings. The molecule has 2 aromatic heterocycles. The van der Waals surface area contributed by atoms with Crippen LogP contribution in [0.1, 0.15) is 0 Å². The van der Waals surface area contributed by atoms with E-state index >= 15 is 0 Å². The van der Waals surface area contributed by atoms with Gasteiger partial charge in [0.2, 0.25) is 0 Å². The second kappa shape index (κ2) is 7.17. The number of aryl methyl sites for hydroxylation is 1. The first-order valence-electron chi connectivity index (χ1n) is 8.50. The molecule has 0 saturated carbocycles. The highest BCUT2D eigenvalue weighted by Crippen LogP contribution is 2.27. The zero-order valence-electron chi connectivity index (χ0n) is 14.5. The van der Waals surface area contributed by atoms with Gasteiger partial charge < -0.3 is 20.2 Å². The van der Waals surface area contributed by atoms with Crippen molar-refractivity contribution in [3.8, 4) is 0 Å². The van der Waals surface area contributed by atoms with Gasteiger partial charge in [-0.05, 0) is 12.1 Å². The third-order valence-electron chi connectivity index (χ3n) is 4.34. The number of anilines is 1. The molecule has 0 unspecified atom stereocenters. The Morgan fingerprint density at radius 1 is 1.12 bits per heavy atom. The van der Waals surface area contributed by atoms with E-state index in [1.807, 2.05) is 60.4 Å². The van der Waals surface area contributed by atoms with E-state index in [1.165, 1.54) is 10.3 Å². The minimum absolute atomic E-state index is 0.180. The van der Waals surface area contributed by atoms with Gasteiger partial charge in [0.25, 0.3) is 0 Å². The largest absolute Gasteiger partial charge is 0.360 e. The monoisotopic (exact) mass is 364 g/mol. The van der Waals surface area contributed by atoms with Crippen molar-refractivity contribution in [1.82, 2.24) is 14.9 Å². The molecule has 2 aromatic carbocycles. The molecule has 0 saturated heterocycles. The Morgan fingerprint density at radius 2 is 1.88 bits per heavy atom. The van der Waals surface area contributed by atoms with Crippen LogP contribution in [0.25, 0.3) is 21.8 Å². The average Bonchev–Trinajstić information content (AvgIpc) is 3.21. The summed E-state index contributed by atoms with van der Waals surface area (Å²) in [5, 5.41) is 8.13. The third-order valence-corrected chi connectivity index (χ3v) is 5.40. The minimum atomic E-state index is -0.180. The number of thioether (sulfide) groups is 1. The predicted molar refractivity (Wildman–Crippen MR) is 109 cm³/mol. The van der Waals surface area contributed by atoms with Crippen LogP contribution in [0.3, 0.4) is 0 Å². The summed E-state index contributed by atoms with van der Waals surface area (Å²) < 4.78 is 2.01. The van der Waals surface area contributed by atoms with E-state index in [4.69, 9.17) is 0 Å². The summed E-state index contributed by atoms with van der Waals surface area (Å²) in [5.74, 6) is 0.810. The summed E-state index contributed by atoms with van der Waals surface area (Å²) in [6.07, 6.45) is 3.95. The van der Waals surface area contributed by atoms with Gasteiger partial charge in [0.05, 0.1) is 5.69 Å². The number of para-hydroxylation sites is 2. The first kappa shape index (κ1) is 16.6. The summed E-state index contributed by atoms with van der Waals surface area (Å²) in [5.41, 5.74) is 3.05. The van der Waals surface area contributed by atoms with E-state index in [0.29, 0.717) is 6.54 Å². The van der Waals surface area contributed by atoms with Gasteiger partial charge in [-0.25, -0.2) is 4.79 Å². The molecular weight excluding hydrogens is 344 g/mol. The number of nitrogens with one attached hydrogen (secondary N) is 3. The zero-order valence-corrected chi connectivity index (χ0v) is 15.3. The van der Waals surface area contributed by atoms with Crippen LogP contribution in [0, 0.1) is 0 Å². The highest BCUT2D eigenvalue weighted by Gasteiger charge is 2.09. The quantitative estimate of drug-likeness (QED) is 0.359. The fourth-order valence-corrected chi connectivity index (χ4v) is 4.00. The average molecular weight is 364 g/mol. The van der Waals surface area contributed by atoms with E-state index in [9.17, 15) is 4.79 Å². The number of aromatic nitrogens is 2. The molecule has 2 heterocycles. The van der Waals surface area contributed by atoms with Gasteiger partial charge in [0.15, 0.2) is 0 Å². The third kappa shape index (κ3) is 3.28. The maximum absolute atomic E-state index is 12.2. The van der Waals surface area contributed by atoms with Crippen molar-refractivity contribution in [2.24, 2.45) is 7.05 Å². The number of carbonyl (C=O) groups excluding carboxylic acids is 1. The van der Waals surface area contributed by atoms with Gasteiger partial charge in [-0.15, -0.1) is 11.8 Å². The molecule has 26 heavy (non-hydrogen) atoms. The number of hydrogen-bond acceptors (Lipinski definition) is 2. The molecule has 0 aliphatic rings. The molecule has 4 aromatic rings. The number of hydrogen-bond donors (Lipinski definition) is 3. The van der Waals surface area contributed by atoms with Crippen LogP contribution in [0.5, 0.6) is 0 Å². The van der Waals surface area contributed by atoms with Crippen molar-refractivity contribution in [3.63, 3.8) is 0 Å².